The van der Waals surface area contributed by atoms with Crippen LogP contribution in [0.4, 0.5) is 22.1 Å². The first kappa shape index (κ1) is 19.4. The predicted octanol–water partition coefficient (Wildman–Crippen LogP) is 3.46. The first-order valence-electron chi connectivity index (χ1n) is 10.5. The van der Waals surface area contributed by atoms with Crippen LogP contribution < -0.4 is 14.5 Å². The van der Waals surface area contributed by atoms with Crippen LogP contribution in [-0.4, -0.2) is 59.5 Å². The molecule has 1 aromatic carbocycles. The molecule has 4 heterocycles. The Morgan fingerprint density at radius 2 is 1.84 bits per heavy atom. The van der Waals surface area contributed by atoms with Crippen LogP contribution in [0.1, 0.15) is 16.8 Å². The van der Waals surface area contributed by atoms with Crippen LogP contribution in [-0.2, 0) is 6.42 Å². The van der Waals surface area contributed by atoms with Gasteiger partial charge in [0.1, 0.15) is 11.6 Å². The van der Waals surface area contributed by atoms with Crippen molar-refractivity contribution in [1.82, 2.24) is 19.7 Å². The molecular formula is C23H26N6O2. The summed E-state index contributed by atoms with van der Waals surface area (Å²) in [4.78, 5) is 22.9. The number of urea groups is 1. The smallest absolute Gasteiger partial charge is 0.325 e. The topological polar surface area (TPSA) is 66.7 Å². The number of hydrogen-bond donors (Lipinski definition) is 0. The molecule has 1 fully saturated rings. The Bertz CT molecular complexity index is 1170. The number of nitrogens with zero attached hydrogens (tertiary/aromatic N) is 6. The molecule has 5 rings (SSSR count). The molecule has 0 spiro atoms. The van der Waals surface area contributed by atoms with Crippen molar-refractivity contribution < 1.29 is 9.53 Å². The molecule has 2 aliphatic heterocycles. The first-order valence-corrected chi connectivity index (χ1v) is 10.5. The number of anilines is 3. The minimum Gasteiger partial charge on any atom is -0.497 e. The third kappa shape index (κ3) is 3.19. The molecule has 160 valence electrons. The van der Waals surface area contributed by atoms with E-state index in [1.165, 1.54) is 5.56 Å². The van der Waals surface area contributed by atoms with Crippen LogP contribution in [0.5, 0.6) is 5.75 Å². The van der Waals surface area contributed by atoms with E-state index in [-0.39, 0.29) is 6.03 Å². The maximum absolute atomic E-state index is 12.3. The van der Waals surface area contributed by atoms with Gasteiger partial charge in [0.2, 0.25) is 0 Å². The second-order valence-corrected chi connectivity index (χ2v) is 8.11. The highest BCUT2D eigenvalue weighted by Crippen LogP contribution is 2.39. The molecule has 0 radical (unpaired) electrons. The Kier molecular flexibility index (Phi) is 4.57. The van der Waals surface area contributed by atoms with Crippen molar-refractivity contribution in [2.24, 2.45) is 0 Å². The minimum atomic E-state index is -0.0115. The number of aryl methyl sites for hydroxylation is 2. The van der Waals surface area contributed by atoms with E-state index in [0.29, 0.717) is 18.9 Å². The first-order chi connectivity index (χ1) is 15.0. The maximum Gasteiger partial charge on any atom is 0.325 e. The van der Waals surface area contributed by atoms with Gasteiger partial charge in [0.25, 0.3) is 0 Å². The van der Waals surface area contributed by atoms with Crippen molar-refractivity contribution in [3.63, 3.8) is 0 Å². The van der Waals surface area contributed by atoms with E-state index in [0.717, 1.165) is 47.2 Å². The normalized spacial score (nSPS) is 15.7. The van der Waals surface area contributed by atoms with E-state index in [2.05, 4.69) is 24.0 Å². The lowest BCUT2D eigenvalue weighted by Crippen LogP contribution is -2.29. The Morgan fingerprint density at radius 3 is 2.55 bits per heavy atom. The summed E-state index contributed by atoms with van der Waals surface area (Å²) in [5.41, 5.74) is 5.40. The van der Waals surface area contributed by atoms with Gasteiger partial charge in [-0.25, -0.2) is 14.5 Å². The second kappa shape index (κ2) is 7.30. The summed E-state index contributed by atoms with van der Waals surface area (Å²) in [5, 5.41) is 4.74. The average Bonchev–Trinajstić information content (AvgIpc) is 3.47. The van der Waals surface area contributed by atoms with Gasteiger partial charge in [0, 0.05) is 55.9 Å². The van der Waals surface area contributed by atoms with Gasteiger partial charge in [-0.1, -0.05) is 0 Å². The number of hydrogen-bond acceptors (Lipinski definition) is 5. The van der Waals surface area contributed by atoms with E-state index < -0.39 is 0 Å². The Labute approximate surface area is 181 Å². The van der Waals surface area contributed by atoms with Gasteiger partial charge in [-0.05, 0) is 50.1 Å². The van der Waals surface area contributed by atoms with Gasteiger partial charge in [0.05, 0.1) is 12.8 Å². The van der Waals surface area contributed by atoms with Crippen molar-refractivity contribution in [2.75, 3.05) is 43.6 Å². The van der Waals surface area contributed by atoms with Gasteiger partial charge in [-0.3, -0.25) is 4.90 Å². The SMILES string of the molecule is COc1ccc(N2CCc3c(-n4ccc(N5CCN(C)C5=O)n4)cc(C)nc32)c(C)c1. The molecular weight excluding hydrogens is 392 g/mol. The number of pyridine rings is 1. The summed E-state index contributed by atoms with van der Waals surface area (Å²) in [7, 11) is 3.50. The molecule has 2 aromatic heterocycles. The molecule has 0 saturated carbocycles. The standard InChI is InChI=1S/C23H26N6O2/c1-15-13-17(31-4)5-6-19(15)27-9-7-18-20(14-16(2)24-22(18)27)29-10-8-21(25-29)28-12-11-26(3)23(28)30/h5-6,8,10,13-14H,7,9,11-12H2,1-4H3. The molecule has 0 unspecified atom stereocenters. The lowest BCUT2D eigenvalue weighted by Gasteiger charge is -2.22. The van der Waals surface area contributed by atoms with E-state index in [9.17, 15) is 4.79 Å². The van der Waals surface area contributed by atoms with E-state index in [1.807, 2.05) is 43.0 Å². The zero-order chi connectivity index (χ0) is 21.7. The third-order valence-corrected chi connectivity index (χ3v) is 6.06. The van der Waals surface area contributed by atoms with Gasteiger partial charge in [-0.2, -0.15) is 0 Å². The Hall–Kier alpha value is -3.55. The maximum atomic E-state index is 12.3. The number of carbonyl (C=O) groups is 1. The number of aromatic nitrogens is 3. The zero-order valence-corrected chi connectivity index (χ0v) is 18.3. The fourth-order valence-electron chi connectivity index (χ4n) is 4.41. The molecule has 2 amide bonds. The summed E-state index contributed by atoms with van der Waals surface area (Å²) in [6.07, 6.45) is 2.81. The van der Waals surface area contributed by atoms with Crippen LogP contribution in [0.15, 0.2) is 36.5 Å². The van der Waals surface area contributed by atoms with E-state index in [1.54, 1.807) is 16.9 Å². The monoisotopic (exact) mass is 418 g/mol. The molecule has 2 aliphatic rings. The molecule has 3 aromatic rings. The highest BCUT2D eigenvalue weighted by Gasteiger charge is 2.30. The number of amides is 2. The molecule has 0 N–H and O–H groups in total. The molecule has 0 aliphatic carbocycles. The number of fused-ring (bicyclic) bond motifs is 1. The minimum absolute atomic E-state index is 0.0115. The lowest BCUT2D eigenvalue weighted by atomic mass is 10.1. The van der Waals surface area contributed by atoms with Gasteiger partial charge in [0.15, 0.2) is 5.82 Å². The van der Waals surface area contributed by atoms with Crippen LogP contribution in [0.25, 0.3) is 5.69 Å². The molecule has 31 heavy (non-hydrogen) atoms. The van der Waals surface area contributed by atoms with Crippen LogP contribution in [0.2, 0.25) is 0 Å². The van der Waals surface area contributed by atoms with Gasteiger partial charge < -0.3 is 14.5 Å². The molecule has 8 heteroatoms. The molecule has 8 nitrogen and oxygen atoms in total. The number of likely N-dealkylation sites (N-methyl/N-ethyl adjacent to an activating group) is 1. The van der Waals surface area contributed by atoms with Gasteiger partial charge in [-0.15, -0.1) is 5.10 Å². The average molecular weight is 419 g/mol. The van der Waals surface area contributed by atoms with E-state index in [4.69, 9.17) is 14.8 Å². The number of carbonyl (C=O) groups excluding carboxylic acids is 1. The van der Waals surface area contributed by atoms with Crippen molar-refractivity contribution >= 4 is 23.4 Å². The molecule has 0 atom stereocenters. The fraction of sp³-hybridized carbons (Fsp3) is 0.348. The van der Waals surface area contributed by atoms with Crippen molar-refractivity contribution in [1.29, 1.82) is 0 Å². The highest BCUT2D eigenvalue weighted by atomic mass is 16.5. The van der Waals surface area contributed by atoms with Crippen LogP contribution in [0.3, 0.4) is 0 Å². The molecule has 0 bridgehead atoms. The van der Waals surface area contributed by atoms with Gasteiger partial charge >= 0.3 is 6.03 Å². The summed E-state index contributed by atoms with van der Waals surface area (Å²) >= 11 is 0. The Balaban J connectivity index is 1.52. The predicted molar refractivity (Wildman–Crippen MR) is 120 cm³/mol. The van der Waals surface area contributed by atoms with Crippen LogP contribution in [0, 0.1) is 13.8 Å². The second-order valence-electron chi connectivity index (χ2n) is 8.11. The summed E-state index contributed by atoms with van der Waals surface area (Å²) < 4.78 is 7.23. The fourth-order valence-corrected chi connectivity index (χ4v) is 4.41. The van der Waals surface area contributed by atoms with Crippen LogP contribution >= 0.6 is 0 Å². The summed E-state index contributed by atoms with van der Waals surface area (Å²) in [6.45, 7) is 6.33. The quantitative estimate of drug-likeness (QED) is 0.649. The number of methoxy groups -OCH3 is 1. The van der Waals surface area contributed by atoms with E-state index >= 15 is 0 Å². The van der Waals surface area contributed by atoms with Crippen molar-refractivity contribution in [3.8, 4) is 11.4 Å². The number of ether oxygens (including phenoxy) is 1. The summed E-state index contributed by atoms with van der Waals surface area (Å²) in [5.74, 6) is 2.50. The highest BCUT2D eigenvalue weighted by molar-refractivity contribution is 5.92. The number of rotatable bonds is 4. The third-order valence-electron chi connectivity index (χ3n) is 6.06. The zero-order valence-electron chi connectivity index (χ0n) is 18.3. The van der Waals surface area contributed by atoms with Crippen molar-refractivity contribution in [2.45, 2.75) is 20.3 Å². The summed E-state index contributed by atoms with van der Waals surface area (Å²) in [6, 6.07) is 10.1. The Morgan fingerprint density at radius 1 is 1.00 bits per heavy atom. The number of benzene rings is 1. The van der Waals surface area contributed by atoms with Crippen molar-refractivity contribution in [3.05, 3.63) is 53.3 Å². The lowest BCUT2D eigenvalue weighted by molar-refractivity contribution is 0.229. The largest absolute Gasteiger partial charge is 0.497 e. The molecule has 1 saturated heterocycles.